The second kappa shape index (κ2) is 9.06. The number of piperidine rings is 1. The zero-order chi connectivity index (χ0) is 22.0. The van der Waals surface area contributed by atoms with Crippen molar-refractivity contribution in [2.24, 2.45) is 0 Å². The van der Waals surface area contributed by atoms with Crippen LogP contribution in [0.25, 0.3) is 0 Å². The van der Waals surface area contributed by atoms with Crippen LogP contribution in [0.4, 0.5) is 5.69 Å². The summed E-state index contributed by atoms with van der Waals surface area (Å²) in [5.74, 6) is 1.28. The van der Waals surface area contributed by atoms with Gasteiger partial charge in [-0.15, -0.1) is 0 Å². The van der Waals surface area contributed by atoms with Crippen LogP contribution in [-0.2, 0) is 4.79 Å². The highest BCUT2D eigenvalue weighted by Crippen LogP contribution is 2.39. The highest BCUT2D eigenvalue weighted by Gasteiger charge is 2.29. The lowest BCUT2D eigenvalue weighted by molar-refractivity contribution is -0.139. The van der Waals surface area contributed by atoms with Crippen molar-refractivity contribution in [2.45, 2.75) is 45.2 Å². The number of amides is 2. The molecule has 0 bridgehead atoms. The van der Waals surface area contributed by atoms with Gasteiger partial charge >= 0.3 is 0 Å². The standard InChI is InChI=1S/C23H25ClN2O5/c1-14-4-3-5-15(2)26(14)22(27)12-29-17-8-6-16(7-9-17)23(28)25-19-11-21-20(10-18(19)24)30-13-31-21/h6-11,14-15H,3-5,12-13H2,1-2H3,(H,25,28)/t14-,15+. The fourth-order valence-electron chi connectivity index (χ4n) is 4.04. The Morgan fingerprint density at radius 1 is 1.10 bits per heavy atom. The van der Waals surface area contributed by atoms with Gasteiger partial charge in [0.25, 0.3) is 11.8 Å². The summed E-state index contributed by atoms with van der Waals surface area (Å²) in [7, 11) is 0. The lowest BCUT2D eigenvalue weighted by atomic mass is 9.97. The molecule has 0 spiro atoms. The Morgan fingerprint density at radius 2 is 1.74 bits per heavy atom. The molecule has 4 rings (SSSR count). The third-order valence-corrected chi connectivity index (χ3v) is 5.98. The molecule has 8 heteroatoms. The number of ether oxygens (including phenoxy) is 3. The van der Waals surface area contributed by atoms with Crippen molar-refractivity contribution in [3.8, 4) is 17.2 Å². The molecule has 0 saturated carbocycles. The summed E-state index contributed by atoms with van der Waals surface area (Å²) >= 11 is 6.21. The van der Waals surface area contributed by atoms with Gasteiger partial charge in [0.1, 0.15) is 5.75 Å². The summed E-state index contributed by atoms with van der Waals surface area (Å²) in [6, 6.07) is 10.3. The lowest BCUT2D eigenvalue weighted by Crippen LogP contribution is -2.49. The van der Waals surface area contributed by atoms with Gasteiger partial charge in [-0.25, -0.2) is 0 Å². The smallest absolute Gasteiger partial charge is 0.260 e. The Labute approximate surface area is 186 Å². The van der Waals surface area contributed by atoms with Crippen molar-refractivity contribution in [3.63, 3.8) is 0 Å². The van der Waals surface area contributed by atoms with Crippen molar-refractivity contribution >= 4 is 29.1 Å². The van der Waals surface area contributed by atoms with E-state index in [0.717, 1.165) is 19.3 Å². The second-order valence-corrected chi connectivity index (χ2v) is 8.29. The van der Waals surface area contributed by atoms with E-state index in [1.165, 1.54) is 0 Å². The third-order valence-electron chi connectivity index (χ3n) is 5.67. The summed E-state index contributed by atoms with van der Waals surface area (Å²) in [5.41, 5.74) is 0.872. The number of carbonyl (C=O) groups excluding carboxylic acids is 2. The topological polar surface area (TPSA) is 77.1 Å². The van der Waals surface area contributed by atoms with Crippen LogP contribution in [0.2, 0.25) is 5.02 Å². The van der Waals surface area contributed by atoms with E-state index in [2.05, 4.69) is 19.2 Å². The van der Waals surface area contributed by atoms with Gasteiger partial charge in [0, 0.05) is 29.8 Å². The molecule has 2 aromatic carbocycles. The van der Waals surface area contributed by atoms with Crippen molar-refractivity contribution in [3.05, 3.63) is 47.0 Å². The summed E-state index contributed by atoms with van der Waals surface area (Å²) in [6.45, 7) is 4.26. The summed E-state index contributed by atoms with van der Waals surface area (Å²) < 4.78 is 16.3. The first-order valence-electron chi connectivity index (χ1n) is 10.4. The molecule has 7 nitrogen and oxygen atoms in total. The third kappa shape index (κ3) is 4.71. The van der Waals surface area contributed by atoms with Crippen molar-refractivity contribution in [1.82, 2.24) is 4.90 Å². The first kappa shape index (κ1) is 21.3. The fourth-order valence-corrected chi connectivity index (χ4v) is 4.24. The Kier molecular flexibility index (Phi) is 6.23. The average Bonchev–Trinajstić information content (AvgIpc) is 3.19. The number of fused-ring (bicyclic) bond motifs is 1. The zero-order valence-corrected chi connectivity index (χ0v) is 18.3. The Balaban J connectivity index is 1.35. The maximum atomic E-state index is 12.6. The Hall–Kier alpha value is -2.93. The molecule has 1 N–H and O–H groups in total. The van der Waals surface area contributed by atoms with Gasteiger partial charge in [0.05, 0.1) is 10.7 Å². The molecule has 1 fully saturated rings. The molecule has 2 heterocycles. The number of nitrogens with one attached hydrogen (secondary N) is 1. The van der Waals surface area contributed by atoms with Crippen molar-refractivity contribution in [2.75, 3.05) is 18.7 Å². The van der Waals surface area contributed by atoms with Gasteiger partial charge in [-0.05, 0) is 57.4 Å². The molecular formula is C23H25ClN2O5. The van der Waals surface area contributed by atoms with E-state index in [9.17, 15) is 9.59 Å². The first-order valence-corrected chi connectivity index (χ1v) is 10.7. The number of nitrogens with zero attached hydrogens (tertiary/aromatic N) is 1. The highest BCUT2D eigenvalue weighted by molar-refractivity contribution is 6.34. The Bertz CT molecular complexity index is 969. The number of benzene rings is 2. The van der Waals surface area contributed by atoms with E-state index in [1.54, 1.807) is 36.4 Å². The molecule has 2 aliphatic heterocycles. The monoisotopic (exact) mass is 444 g/mol. The molecule has 0 unspecified atom stereocenters. The molecule has 164 valence electrons. The maximum Gasteiger partial charge on any atom is 0.260 e. The molecule has 2 aromatic rings. The minimum Gasteiger partial charge on any atom is -0.484 e. The summed E-state index contributed by atoms with van der Waals surface area (Å²) in [4.78, 5) is 27.1. The molecule has 1 saturated heterocycles. The van der Waals surface area contributed by atoms with Crippen LogP contribution in [0.5, 0.6) is 17.2 Å². The molecule has 0 aromatic heterocycles. The predicted octanol–water partition coefficient (Wildman–Crippen LogP) is 4.49. The minimum atomic E-state index is -0.320. The average molecular weight is 445 g/mol. The number of likely N-dealkylation sites (tertiary alicyclic amines) is 1. The van der Waals surface area contributed by atoms with Crippen LogP contribution in [0, 0.1) is 0 Å². The first-order chi connectivity index (χ1) is 14.9. The van der Waals surface area contributed by atoms with Gasteiger partial charge in [-0.3, -0.25) is 9.59 Å². The van der Waals surface area contributed by atoms with Crippen LogP contribution in [0.3, 0.4) is 0 Å². The number of rotatable bonds is 5. The number of carbonyl (C=O) groups is 2. The van der Waals surface area contributed by atoms with Crippen LogP contribution in [-0.4, -0.2) is 42.2 Å². The molecule has 0 radical (unpaired) electrons. The maximum absolute atomic E-state index is 12.6. The van der Waals surface area contributed by atoms with E-state index < -0.39 is 0 Å². The quantitative estimate of drug-likeness (QED) is 0.735. The molecule has 2 amide bonds. The van der Waals surface area contributed by atoms with Gasteiger partial charge in [-0.2, -0.15) is 0 Å². The van der Waals surface area contributed by atoms with E-state index in [-0.39, 0.29) is 37.3 Å². The van der Waals surface area contributed by atoms with Crippen LogP contribution in [0.1, 0.15) is 43.5 Å². The van der Waals surface area contributed by atoms with E-state index in [1.807, 2.05) is 4.90 Å². The van der Waals surface area contributed by atoms with Gasteiger partial charge in [-0.1, -0.05) is 11.6 Å². The number of halogens is 1. The van der Waals surface area contributed by atoms with Gasteiger partial charge < -0.3 is 24.4 Å². The molecule has 2 atom stereocenters. The largest absolute Gasteiger partial charge is 0.484 e. The number of hydrogen-bond acceptors (Lipinski definition) is 5. The van der Waals surface area contributed by atoms with Crippen molar-refractivity contribution < 1.29 is 23.8 Å². The summed E-state index contributed by atoms with van der Waals surface area (Å²) in [6.07, 6.45) is 3.19. The molecule has 31 heavy (non-hydrogen) atoms. The highest BCUT2D eigenvalue weighted by atomic mass is 35.5. The van der Waals surface area contributed by atoms with Gasteiger partial charge in [0.15, 0.2) is 18.1 Å². The fraction of sp³-hybridized carbons (Fsp3) is 0.391. The Morgan fingerprint density at radius 3 is 2.42 bits per heavy atom. The van der Waals surface area contributed by atoms with Gasteiger partial charge in [0.2, 0.25) is 6.79 Å². The van der Waals surface area contributed by atoms with Crippen LogP contribution in [0.15, 0.2) is 36.4 Å². The van der Waals surface area contributed by atoms with Crippen LogP contribution < -0.4 is 19.5 Å². The van der Waals surface area contributed by atoms with Crippen LogP contribution >= 0.6 is 11.6 Å². The van der Waals surface area contributed by atoms with E-state index in [0.29, 0.717) is 33.5 Å². The predicted molar refractivity (Wildman–Crippen MR) is 117 cm³/mol. The molecule has 0 aliphatic carbocycles. The normalized spacial score (nSPS) is 19.8. The lowest BCUT2D eigenvalue weighted by Gasteiger charge is -2.38. The van der Waals surface area contributed by atoms with Crippen molar-refractivity contribution in [1.29, 1.82) is 0 Å². The van der Waals surface area contributed by atoms with E-state index >= 15 is 0 Å². The number of hydrogen-bond donors (Lipinski definition) is 1. The second-order valence-electron chi connectivity index (χ2n) is 7.88. The minimum absolute atomic E-state index is 0.0148. The molecular weight excluding hydrogens is 420 g/mol. The summed E-state index contributed by atoms with van der Waals surface area (Å²) in [5, 5.41) is 3.13. The SMILES string of the molecule is C[C@@H]1CCC[C@H](C)N1C(=O)COc1ccc(C(=O)Nc2cc3c(cc2Cl)OCO3)cc1. The number of anilines is 1. The molecule has 2 aliphatic rings. The zero-order valence-electron chi connectivity index (χ0n) is 17.5. The van der Waals surface area contributed by atoms with E-state index in [4.69, 9.17) is 25.8 Å².